The number of amides is 1. The van der Waals surface area contributed by atoms with Crippen LogP contribution in [0.3, 0.4) is 0 Å². The molecule has 25 heavy (non-hydrogen) atoms. The lowest BCUT2D eigenvalue weighted by molar-refractivity contribution is -0.137. The van der Waals surface area contributed by atoms with E-state index in [1.165, 1.54) is 25.7 Å². The molecule has 0 spiro atoms. The lowest BCUT2D eigenvalue weighted by Crippen LogP contribution is -2.17. The number of aliphatic carboxylic acids is 1. The topological polar surface area (TPSA) is 89.6 Å². The molecule has 140 valence electrons. The van der Waals surface area contributed by atoms with E-state index >= 15 is 0 Å². The van der Waals surface area contributed by atoms with Crippen molar-refractivity contribution in [2.75, 3.05) is 6.61 Å². The molecule has 0 heterocycles. The van der Waals surface area contributed by atoms with Gasteiger partial charge in [0, 0.05) is 12.3 Å². The lowest BCUT2D eigenvalue weighted by Gasteiger charge is -2.14. The van der Waals surface area contributed by atoms with E-state index in [2.05, 4.69) is 13.8 Å². The zero-order valence-electron chi connectivity index (χ0n) is 15.4. The molecule has 1 amide bonds. The molecule has 0 aliphatic heterocycles. The van der Waals surface area contributed by atoms with E-state index in [9.17, 15) is 9.59 Å². The first-order valence-corrected chi connectivity index (χ1v) is 9.11. The van der Waals surface area contributed by atoms with Crippen molar-refractivity contribution in [3.63, 3.8) is 0 Å². The Morgan fingerprint density at radius 2 is 1.68 bits per heavy atom. The zero-order chi connectivity index (χ0) is 18.7. The van der Waals surface area contributed by atoms with Gasteiger partial charge in [-0.2, -0.15) is 0 Å². The second kappa shape index (κ2) is 11.5. The fraction of sp³-hybridized carbons (Fsp3) is 0.600. The van der Waals surface area contributed by atoms with Gasteiger partial charge >= 0.3 is 5.97 Å². The van der Waals surface area contributed by atoms with Gasteiger partial charge in [0.05, 0.1) is 13.0 Å². The van der Waals surface area contributed by atoms with Crippen LogP contribution in [-0.4, -0.2) is 23.6 Å². The minimum absolute atomic E-state index is 0.0306. The average molecular weight is 349 g/mol. The molecule has 0 aromatic heterocycles. The second-order valence-electron chi connectivity index (χ2n) is 6.98. The molecular weight excluding hydrogens is 318 g/mol. The van der Waals surface area contributed by atoms with E-state index in [1.807, 2.05) is 24.3 Å². The number of rotatable bonds is 13. The molecule has 0 radical (unpaired) electrons. The van der Waals surface area contributed by atoms with Crippen molar-refractivity contribution < 1.29 is 19.4 Å². The summed E-state index contributed by atoms with van der Waals surface area (Å²) in [6.45, 7) is 5.18. The van der Waals surface area contributed by atoms with Crippen LogP contribution in [-0.2, 0) is 9.59 Å². The van der Waals surface area contributed by atoms with E-state index in [-0.39, 0.29) is 12.8 Å². The van der Waals surface area contributed by atoms with Crippen molar-refractivity contribution in [1.29, 1.82) is 0 Å². The quantitative estimate of drug-likeness (QED) is 0.525. The summed E-state index contributed by atoms with van der Waals surface area (Å²) >= 11 is 0. The number of primary amides is 1. The SMILES string of the molecule is CC(C)CCCCCCOc1ccc([C@H](CC(N)=O)CC(=O)O)cc1. The molecule has 0 saturated heterocycles. The largest absolute Gasteiger partial charge is 0.494 e. The molecule has 0 bridgehead atoms. The van der Waals surface area contributed by atoms with Crippen molar-refractivity contribution in [3.05, 3.63) is 29.8 Å². The fourth-order valence-electron chi connectivity index (χ4n) is 2.80. The normalized spacial score (nSPS) is 12.1. The smallest absolute Gasteiger partial charge is 0.303 e. The Hall–Kier alpha value is -2.04. The predicted molar refractivity (Wildman–Crippen MR) is 98.7 cm³/mol. The Morgan fingerprint density at radius 1 is 1.04 bits per heavy atom. The zero-order valence-corrected chi connectivity index (χ0v) is 15.4. The van der Waals surface area contributed by atoms with Gasteiger partial charge in [-0.1, -0.05) is 51.7 Å². The van der Waals surface area contributed by atoms with Crippen molar-refractivity contribution in [1.82, 2.24) is 0 Å². The van der Waals surface area contributed by atoms with Gasteiger partial charge in [0.15, 0.2) is 0 Å². The molecule has 0 unspecified atom stereocenters. The molecule has 0 aliphatic carbocycles. The molecule has 3 N–H and O–H groups in total. The van der Waals surface area contributed by atoms with Gasteiger partial charge in [-0.05, 0) is 30.0 Å². The first-order chi connectivity index (χ1) is 11.9. The third-order valence-electron chi connectivity index (χ3n) is 4.16. The summed E-state index contributed by atoms with van der Waals surface area (Å²) in [5.74, 6) is -0.300. The van der Waals surface area contributed by atoms with Crippen LogP contribution >= 0.6 is 0 Å². The van der Waals surface area contributed by atoms with Crippen molar-refractivity contribution >= 4 is 11.9 Å². The summed E-state index contributed by atoms with van der Waals surface area (Å²) in [5, 5.41) is 8.97. The predicted octanol–water partition coefficient (Wildman–Crippen LogP) is 4.11. The first-order valence-electron chi connectivity index (χ1n) is 9.11. The van der Waals surface area contributed by atoms with Gasteiger partial charge in [-0.25, -0.2) is 0 Å². The number of carbonyl (C=O) groups excluding carboxylic acids is 1. The van der Waals surface area contributed by atoms with Gasteiger partial charge in [0.1, 0.15) is 5.75 Å². The number of hydrogen-bond donors (Lipinski definition) is 2. The van der Waals surface area contributed by atoms with Crippen molar-refractivity contribution in [2.45, 2.75) is 64.7 Å². The molecule has 1 aromatic carbocycles. The van der Waals surface area contributed by atoms with Crippen LogP contribution in [0.4, 0.5) is 0 Å². The summed E-state index contributed by atoms with van der Waals surface area (Å²) in [5.41, 5.74) is 6.01. The van der Waals surface area contributed by atoms with E-state index in [1.54, 1.807) is 0 Å². The summed E-state index contributed by atoms with van der Waals surface area (Å²) < 4.78 is 5.72. The molecular formula is C20H31NO4. The third-order valence-corrected chi connectivity index (χ3v) is 4.16. The van der Waals surface area contributed by atoms with Crippen LogP contribution in [0.2, 0.25) is 0 Å². The van der Waals surface area contributed by atoms with Crippen LogP contribution in [0.1, 0.15) is 70.3 Å². The monoisotopic (exact) mass is 349 g/mol. The van der Waals surface area contributed by atoms with Crippen molar-refractivity contribution in [3.8, 4) is 5.75 Å². The number of carboxylic acids is 1. The maximum Gasteiger partial charge on any atom is 0.303 e. The Labute approximate surface area is 150 Å². The van der Waals surface area contributed by atoms with Crippen molar-refractivity contribution in [2.24, 2.45) is 11.7 Å². The summed E-state index contributed by atoms with van der Waals surface area (Å²) in [6, 6.07) is 7.27. The molecule has 5 heteroatoms. The Bertz CT molecular complexity index is 509. The summed E-state index contributed by atoms with van der Waals surface area (Å²) in [4.78, 5) is 22.1. The number of carbonyl (C=O) groups is 2. The highest BCUT2D eigenvalue weighted by Crippen LogP contribution is 2.25. The van der Waals surface area contributed by atoms with Crippen LogP contribution in [0.5, 0.6) is 5.75 Å². The van der Waals surface area contributed by atoms with Crippen LogP contribution in [0, 0.1) is 5.92 Å². The molecule has 1 rings (SSSR count). The third kappa shape index (κ3) is 9.75. The highest BCUT2D eigenvalue weighted by Gasteiger charge is 2.18. The van der Waals surface area contributed by atoms with E-state index in [4.69, 9.17) is 15.6 Å². The minimum atomic E-state index is -0.941. The van der Waals surface area contributed by atoms with E-state index < -0.39 is 17.8 Å². The number of unbranched alkanes of at least 4 members (excludes halogenated alkanes) is 3. The van der Waals surface area contributed by atoms with Gasteiger partial charge in [0.25, 0.3) is 0 Å². The van der Waals surface area contributed by atoms with Gasteiger partial charge < -0.3 is 15.6 Å². The van der Waals surface area contributed by atoms with Crippen LogP contribution in [0.25, 0.3) is 0 Å². The maximum absolute atomic E-state index is 11.1. The Balaban J connectivity index is 2.38. The second-order valence-corrected chi connectivity index (χ2v) is 6.98. The number of nitrogens with two attached hydrogens (primary N) is 1. The number of ether oxygens (including phenoxy) is 1. The van der Waals surface area contributed by atoms with Gasteiger partial charge in [0.2, 0.25) is 5.91 Å². The molecule has 1 aromatic rings. The highest BCUT2D eigenvalue weighted by molar-refractivity contribution is 5.76. The Kier molecular flexibility index (Phi) is 9.66. The van der Waals surface area contributed by atoms with Crippen LogP contribution < -0.4 is 10.5 Å². The number of hydrogen-bond acceptors (Lipinski definition) is 3. The van der Waals surface area contributed by atoms with E-state index in [0.29, 0.717) is 6.61 Å². The average Bonchev–Trinajstić information content (AvgIpc) is 2.53. The highest BCUT2D eigenvalue weighted by atomic mass is 16.5. The van der Waals surface area contributed by atoms with Gasteiger partial charge in [-0.15, -0.1) is 0 Å². The molecule has 0 aliphatic rings. The lowest BCUT2D eigenvalue weighted by atomic mass is 9.92. The molecule has 1 atom stereocenters. The van der Waals surface area contributed by atoms with E-state index in [0.717, 1.165) is 23.7 Å². The molecule has 5 nitrogen and oxygen atoms in total. The molecule has 0 fully saturated rings. The van der Waals surface area contributed by atoms with Gasteiger partial charge in [-0.3, -0.25) is 9.59 Å². The standard InChI is InChI=1S/C20H31NO4/c1-15(2)7-5-3-4-6-12-25-18-10-8-16(9-11-18)17(13-19(21)22)14-20(23)24/h8-11,15,17H,3-7,12-14H2,1-2H3,(H2,21,22)(H,23,24)/t17-/m1/s1. The first kappa shape index (κ1) is 21.0. The minimum Gasteiger partial charge on any atom is -0.494 e. The summed E-state index contributed by atoms with van der Waals surface area (Å²) in [7, 11) is 0. The summed E-state index contributed by atoms with van der Waals surface area (Å²) in [6.07, 6.45) is 5.92. The fourth-order valence-corrected chi connectivity index (χ4v) is 2.80. The maximum atomic E-state index is 11.1. The number of carboxylic acid groups (broad SMARTS) is 1. The Morgan fingerprint density at radius 3 is 2.24 bits per heavy atom. The van der Waals surface area contributed by atoms with Crippen LogP contribution in [0.15, 0.2) is 24.3 Å². The molecule has 0 saturated carbocycles. The number of benzene rings is 1.